The summed E-state index contributed by atoms with van der Waals surface area (Å²) in [6.45, 7) is 0. The molecule has 21 heavy (non-hydrogen) atoms. The number of nitrogens with zero attached hydrogens (tertiary/aromatic N) is 3. The second-order valence-electron chi connectivity index (χ2n) is 6.21. The maximum Gasteiger partial charge on any atom is 0.0645 e. The van der Waals surface area contributed by atoms with Gasteiger partial charge < -0.3 is 0 Å². The molecule has 3 heteroatoms. The average Bonchev–Trinajstić information content (AvgIpc) is 3.01. The molecular formula is C18H21N3. The maximum absolute atomic E-state index is 4.28. The lowest BCUT2D eigenvalue weighted by Gasteiger charge is -2.42. The van der Waals surface area contributed by atoms with Gasteiger partial charge in [0, 0.05) is 24.5 Å². The second kappa shape index (κ2) is 5.15. The monoisotopic (exact) mass is 279 g/mol. The molecule has 2 aliphatic rings. The standard InChI is InChI=1S/C18H21N3/c1-20-17-4-2-5-18(20)13-15(12-17)14-6-8-16(9-7-14)21-11-3-10-19-21/h3,6-12,17-18H,2,4-5,13H2,1H3. The Hall–Kier alpha value is -1.87. The van der Waals surface area contributed by atoms with Gasteiger partial charge in [-0.15, -0.1) is 0 Å². The molecule has 1 aromatic carbocycles. The van der Waals surface area contributed by atoms with Crippen LogP contribution in [-0.2, 0) is 0 Å². The first-order valence-corrected chi connectivity index (χ1v) is 7.84. The summed E-state index contributed by atoms with van der Waals surface area (Å²) in [5.41, 5.74) is 4.02. The van der Waals surface area contributed by atoms with Crippen LogP contribution in [0.3, 0.4) is 0 Å². The van der Waals surface area contributed by atoms with Gasteiger partial charge in [-0.3, -0.25) is 4.90 Å². The second-order valence-corrected chi connectivity index (χ2v) is 6.21. The lowest BCUT2D eigenvalue weighted by molar-refractivity contribution is 0.137. The molecule has 4 rings (SSSR count). The molecule has 3 nitrogen and oxygen atoms in total. The number of benzene rings is 1. The van der Waals surface area contributed by atoms with Gasteiger partial charge >= 0.3 is 0 Å². The number of aromatic nitrogens is 2. The number of likely N-dealkylation sites (N-methyl/N-ethyl adjacent to an activating group) is 1. The van der Waals surface area contributed by atoms with Crippen LogP contribution in [0.25, 0.3) is 11.3 Å². The maximum atomic E-state index is 4.28. The zero-order chi connectivity index (χ0) is 14.2. The molecule has 2 bridgehead atoms. The highest BCUT2D eigenvalue weighted by Gasteiger charge is 2.31. The summed E-state index contributed by atoms with van der Waals surface area (Å²) in [5.74, 6) is 0. The van der Waals surface area contributed by atoms with Gasteiger partial charge in [0.1, 0.15) is 0 Å². The summed E-state index contributed by atoms with van der Waals surface area (Å²) >= 11 is 0. The number of hydrogen-bond acceptors (Lipinski definition) is 2. The molecule has 0 aliphatic carbocycles. The van der Waals surface area contributed by atoms with Crippen LogP contribution >= 0.6 is 0 Å². The van der Waals surface area contributed by atoms with Gasteiger partial charge in [0.15, 0.2) is 0 Å². The Bertz CT molecular complexity index is 640. The van der Waals surface area contributed by atoms with Crippen LogP contribution in [0.15, 0.2) is 48.8 Å². The van der Waals surface area contributed by atoms with Crippen molar-refractivity contribution in [2.75, 3.05) is 7.05 Å². The van der Waals surface area contributed by atoms with E-state index in [1.54, 1.807) is 0 Å². The Morgan fingerprint density at radius 1 is 1.14 bits per heavy atom. The highest BCUT2D eigenvalue weighted by atomic mass is 15.3. The molecule has 0 amide bonds. The fourth-order valence-electron chi connectivity index (χ4n) is 3.71. The highest BCUT2D eigenvalue weighted by Crippen LogP contribution is 2.36. The molecule has 1 fully saturated rings. The van der Waals surface area contributed by atoms with E-state index in [9.17, 15) is 0 Å². The molecule has 0 spiro atoms. The van der Waals surface area contributed by atoms with E-state index >= 15 is 0 Å². The fraction of sp³-hybridized carbons (Fsp3) is 0.389. The predicted octanol–water partition coefficient (Wildman–Crippen LogP) is 3.51. The predicted molar refractivity (Wildman–Crippen MR) is 85.3 cm³/mol. The molecule has 108 valence electrons. The Morgan fingerprint density at radius 2 is 2.00 bits per heavy atom. The minimum absolute atomic E-state index is 0.637. The minimum Gasteiger partial charge on any atom is -0.297 e. The van der Waals surface area contributed by atoms with Gasteiger partial charge in [0.05, 0.1) is 5.69 Å². The molecular weight excluding hydrogens is 258 g/mol. The van der Waals surface area contributed by atoms with Crippen molar-refractivity contribution in [1.82, 2.24) is 14.7 Å². The van der Waals surface area contributed by atoms with Crippen LogP contribution in [0.2, 0.25) is 0 Å². The smallest absolute Gasteiger partial charge is 0.0645 e. The van der Waals surface area contributed by atoms with E-state index in [2.05, 4.69) is 47.4 Å². The third-order valence-corrected chi connectivity index (χ3v) is 4.99. The zero-order valence-corrected chi connectivity index (χ0v) is 12.4. The van der Waals surface area contributed by atoms with Gasteiger partial charge in [-0.05, 0) is 55.6 Å². The van der Waals surface area contributed by atoms with Crippen molar-refractivity contribution in [3.63, 3.8) is 0 Å². The topological polar surface area (TPSA) is 21.1 Å². The summed E-state index contributed by atoms with van der Waals surface area (Å²) in [7, 11) is 2.28. The van der Waals surface area contributed by atoms with E-state index in [1.807, 2.05) is 23.1 Å². The van der Waals surface area contributed by atoms with Gasteiger partial charge in [-0.2, -0.15) is 5.10 Å². The van der Waals surface area contributed by atoms with Crippen LogP contribution in [0.4, 0.5) is 0 Å². The lowest BCUT2D eigenvalue weighted by Crippen LogP contribution is -2.45. The number of rotatable bonds is 2. The van der Waals surface area contributed by atoms with E-state index in [0.29, 0.717) is 6.04 Å². The van der Waals surface area contributed by atoms with E-state index in [1.165, 1.54) is 36.8 Å². The largest absolute Gasteiger partial charge is 0.297 e. The molecule has 1 saturated heterocycles. The molecule has 0 saturated carbocycles. The Kier molecular flexibility index (Phi) is 3.15. The first-order valence-electron chi connectivity index (χ1n) is 7.84. The molecule has 0 radical (unpaired) electrons. The Balaban J connectivity index is 1.62. The van der Waals surface area contributed by atoms with Gasteiger partial charge in [0.2, 0.25) is 0 Å². The molecule has 2 aliphatic heterocycles. The van der Waals surface area contributed by atoms with Crippen molar-refractivity contribution in [3.8, 4) is 5.69 Å². The van der Waals surface area contributed by atoms with Crippen LogP contribution < -0.4 is 0 Å². The third-order valence-electron chi connectivity index (χ3n) is 4.99. The van der Waals surface area contributed by atoms with Crippen molar-refractivity contribution >= 4 is 5.57 Å². The van der Waals surface area contributed by atoms with Crippen molar-refractivity contribution < 1.29 is 0 Å². The van der Waals surface area contributed by atoms with E-state index in [-0.39, 0.29) is 0 Å². The molecule has 2 unspecified atom stereocenters. The van der Waals surface area contributed by atoms with Crippen LogP contribution in [0.1, 0.15) is 31.2 Å². The summed E-state index contributed by atoms with van der Waals surface area (Å²) in [5, 5.41) is 4.28. The van der Waals surface area contributed by atoms with Gasteiger partial charge in [-0.1, -0.05) is 24.6 Å². The summed E-state index contributed by atoms with van der Waals surface area (Å²) in [4.78, 5) is 2.56. The first-order chi connectivity index (χ1) is 10.3. The van der Waals surface area contributed by atoms with Crippen LogP contribution in [0.5, 0.6) is 0 Å². The minimum atomic E-state index is 0.637. The Morgan fingerprint density at radius 3 is 2.71 bits per heavy atom. The van der Waals surface area contributed by atoms with E-state index < -0.39 is 0 Å². The first kappa shape index (κ1) is 12.8. The van der Waals surface area contributed by atoms with Gasteiger partial charge in [-0.25, -0.2) is 4.68 Å². The summed E-state index contributed by atoms with van der Waals surface area (Å²) in [6.07, 6.45) is 11.5. The molecule has 3 heterocycles. The molecule has 2 aromatic rings. The summed E-state index contributed by atoms with van der Waals surface area (Å²) < 4.78 is 1.90. The highest BCUT2D eigenvalue weighted by molar-refractivity contribution is 5.68. The quantitative estimate of drug-likeness (QED) is 0.838. The van der Waals surface area contributed by atoms with Gasteiger partial charge in [0.25, 0.3) is 0 Å². The summed E-state index contributed by atoms with van der Waals surface area (Å²) in [6, 6.07) is 12.1. The van der Waals surface area contributed by atoms with E-state index in [4.69, 9.17) is 0 Å². The van der Waals surface area contributed by atoms with Crippen LogP contribution in [0, 0.1) is 0 Å². The van der Waals surface area contributed by atoms with Crippen molar-refractivity contribution in [2.24, 2.45) is 0 Å². The van der Waals surface area contributed by atoms with Crippen LogP contribution in [-0.4, -0.2) is 33.8 Å². The van der Waals surface area contributed by atoms with Crippen molar-refractivity contribution in [2.45, 2.75) is 37.8 Å². The lowest BCUT2D eigenvalue weighted by atomic mass is 9.83. The average molecular weight is 279 g/mol. The normalized spacial score (nSPS) is 25.7. The number of fused-ring (bicyclic) bond motifs is 2. The molecule has 1 aromatic heterocycles. The molecule has 0 N–H and O–H groups in total. The van der Waals surface area contributed by atoms with E-state index in [0.717, 1.165) is 11.7 Å². The SMILES string of the molecule is CN1C2C=C(c3ccc(-n4cccn4)cc3)CC1CCC2. The Labute approximate surface area is 125 Å². The van der Waals surface area contributed by atoms with Crippen molar-refractivity contribution in [1.29, 1.82) is 0 Å². The number of hydrogen-bond donors (Lipinski definition) is 0. The number of piperidine rings is 1. The zero-order valence-electron chi connectivity index (χ0n) is 12.4. The molecule has 2 atom stereocenters. The third kappa shape index (κ3) is 2.32. The van der Waals surface area contributed by atoms with Crippen molar-refractivity contribution in [3.05, 3.63) is 54.4 Å². The fourth-order valence-corrected chi connectivity index (χ4v) is 3.71.